The lowest BCUT2D eigenvalue weighted by atomic mass is 10.1. The van der Waals surface area contributed by atoms with E-state index in [1.807, 2.05) is 6.92 Å². The normalized spacial score (nSPS) is 17.8. The van der Waals surface area contributed by atoms with Gasteiger partial charge in [-0.1, -0.05) is 17.7 Å². The van der Waals surface area contributed by atoms with Gasteiger partial charge in [-0.2, -0.15) is 5.10 Å². The molecule has 1 aromatic carbocycles. The highest BCUT2D eigenvalue weighted by atomic mass is 35.5. The molecule has 0 aliphatic carbocycles. The van der Waals surface area contributed by atoms with Crippen LogP contribution in [0, 0.1) is 6.92 Å². The predicted octanol–water partition coefficient (Wildman–Crippen LogP) is 0.368. The topological polar surface area (TPSA) is 75.0 Å². The minimum absolute atomic E-state index is 0.496. The van der Waals surface area contributed by atoms with Crippen LogP contribution in [0.15, 0.2) is 23.3 Å². The van der Waals surface area contributed by atoms with E-state index in [0.29, 0.717) is 10.7 Å². The van der Waals surface area contributed by atoms with Crippen LogP contribution in [0.1, 0.15) is 18.4 Å². The summed E-state index contributed by atoms with van der Waals surface area (Å²) in [5.41, 5.74) is 4.58. The van der Waals surface area contributed by atoms with Crippen LogP contribution in [0.5, 0.6) is 0 Å². The van der Waals surface area contributed by atoms with Crippen LogP contribution in [-0.4, -0.2) is 37.7 Å². The molecule has 3 N–H and O–H groups in total. The number of halogens is 1. The van der Waals surface area contributed by atoms with E-state index in [0.717, 1.165) is 37.2 Å². The molecule has 0 aromatic heterocycles. The summed E-state index contributed by atoms with van der Waals surface area (Å²) in [4.78, 5) is 25.1. The number of piperidine rings is 1. The molecule has 1 aliphatic heterocycles. The van der Waals surface area contributed by atoms with Crippen molar-refractivity contribution < 1.29 is 14.5 Å². The molecule has 2 rings (SSSR count). The van der Waals surface area contributed by atoms with Crippen LogP contribution < -0.4 is 15.6 Å². The van der Waals surface area contributed by atoms with Gasteiger partial charge in [0, 0.05) is 29.3 Å². The molecule has 0 saturated carbocycles. The molecule has 6 nitrogen and oxygen atoms in total. The van der Waals surface area contributed by atoms with Crippen LogP contribution in [0.2, 0.25) is 5.02 Å². The van der Waals surface area contributed by atoms with Gasteiger partial charge in [0.2, 0.25) is 0 Å². The first-order chi connectivity index (χ1) is 10.5. The van der Waals surface area contributed by atoms with E-state index in [-0.39, 0.29) is 0 Å². The Morgan fingerprint density at radius 2 is 1.91 bits per heavy atom. The summed E-state index contributed by atoms with van der Waals surface area (Å²) in [6.45, 7) is 3.80. The fraction of sp³-hybridized carbons (Fsp3) is 0.400. The van der Waals surface area contributed by atoms with Crippen molar-refractivity contribution in [2.45, 2.75) is 19.8 Å². The van der Waals surface area contributed by atoms with Crippen LogP contribution in [0.4, 0.5) is 5.69 Å². The highest BCUT2D eigenvalue weighted by Gasteiger charge is 2.17. The van der Waals surface area contributed by atoms with E-state index < -0.39 is 11.8 Å². The summed E-state index contributed by atoms with van der Waals surface area (Å²) in [5, 5.41) is 7.07. The highest BCUT2D eigenvalue weighted by molar-refractivity contribution is 6.40. The molecule has 2 amide bonds. The fourth-order valence-corrected chi connectivity index (χ4v) is 2.34. The zero-order chi connectivity index (χ0) is 16.1. The molecule has 0 unspecified atom stereocenters. The number of amides is 2. The fourth-order valence-electron chi connectivity index (χ4n) is 2.17. The second-order valence-electron chi connectivity index (χ2n) is 5.49. The Kier molecular flexibility index (Phi) is 5.51. The average Bonchev–Trinajstić information content (AvgIpc) is 2.50. The van der Waals surface area contributed by atoms with Gasteiger partial charge in [-0.05, 0) is 24.6 Å². The largest absolute Gasteiger partial charge is 0.337 e. The van der Waals surface area contributed by atoms with Crippen molar-refractivity contribution in [3.05, 3.63) is 28.8 Å². The van der Waals surface area contributed by atoms with E-state index in [2.05, 4.69) is 22.9 Å². The number of hydrogen-bond acceptors (Lipinski definition) is 3. The van der Waals surface area contributed by atoms with Crippen molar-refractivity contribution in [3.63, 3.8) is 0 Å². The Morgan fingerprint density at radius 1 is 1.23 bits per heavy atom. The van der Waals surface area contributed by atoms with Crippen molar-refractivity contribution in [1.29, 1.82) is 0 Å². The van der Waals surface area contributed by atoms with Gasteiger partial charge in [-0.25, -0.2) is 5.43 Å². The van der Waals surface area contributed by atoms with Crippen LogP contribution in [0.3, 0.4) is 0 Å². The lowest BCUT2D eigenvalue weighted by molar-refractivity contribution is -0.880. The number of nitrogens with one attached hydrogen (secondary N) is 3. The van der Waals surface area contributed by atoms with E-state index >= 15 is 0 Å². The summed E-state index contributed by atoms with van der Waals surface area (Å²) in [6, 6.07) is 5.10. The van der Waals surface area contributed by atoms with Crippen molar-refractivity contribution in [3.8, 4) is 0 Å². The Bertz CT molecular complexity index is 606. The minimum Gasteiger partial charge on any atom is -0.337 e. The Balaban J connectivity index is 1.91. The van der Waals surface area contributed by atoms with Crippen molar-refractivity contribution in [2.75, 3.05) is 25.5 Å². The molecule has 1 aromatic rings. The summed E-state index contributed by atoms with van der Waals surface area (Å²) < 4.78 is 0. The van der Waals surface area contributed by atoms with Gasteiger partial charge < -0.3 is 10.2 Å². The van der Waals surface area contributed by atoms with Crippen LogP contribution >= 0.6 is 11.6 Å². The van der Waals surface area contributed by atoms with Gasteiger partial charge in [0.1, 0.15) is 0 Å². The third-order valence-electron chi connectivity index (χ3n) is 3.65. The zero-order valence-corrected chi connectivity index (χ0v) is 13.5. The zero-order valence-electron chi connectivity index (χ0n) is 12.7. The van der Waals surface area contributed by atoms with Gasteiger partial charge >= 0.3 is 11.8 Å². The maximum absolute atomic E-state index is 11.9. The number of carbonyl (C=O) groups excluding carboxylic acids is 2. The molecule has 0 spiro atoms. The monoisotopic (exact) mass is 323 g/mol. The van der Waals surface area contributed by atoms with Gasteiger partial charge in [0.25, 0.3) is 0 Å². The third-order valence-corrected chi connectivity index (χ3v) is 3.89. The number of rotatable bonds is 2. The smallest absolute Gasteiger partial charge is 0.329 e. The quantitative estimate of drug-likeness (QED) is 0.543. The molecule has 1 saturated heterocycles. The van der Waals surface area contributed by atoms with Crippen molar-refractivity contribution in [2.24, 2.45) is 5.10 Å². The maximum Gasteiger partial charge on any atom is 0.329 e. The van der Waals surface area contributed by atoms with Gasteiger partial charge in [0.05, 0.1) is 20.1 Å². The molecule has 22 heavy (non-hydrogen) atoms. The average molecular weight is 324 g/mol. The first kappa shape index (κ1) is 16.5. The molecule has 118 valence electrons. The second kappa shape index (κ2) is 7.38. The summed E-state index contributed by atoms with van der Waals surface area (Å²) in [5.74, 6) is -1.54. The van der Waals surface area contributed by atoms with Crippen molar-refractivity contribution >= 4 is 34.8 Å². The van der Waals surface area contributed by atoms with Gasteiger partial charge in [-0.15, -0.1) is 0 Å². The standard InChI is InChI=1S/C15H19ClN4O2/c1-10-3-4-11(16)9-13(10)17-14(21)15(22)19-18-12-5-7-20(2)8-6-12/h3-4,9H,5-8H2,1-2H3,(H,17,21)(H,19,22)/p+1. The third kappa shape index (κ3) is 4.54. The van der Waals surface area contributed by atoms with Crippen molar-refractivity contribution in [1.82, 2.24) is 5.43 Å². The SMILES string of the molecule is Cc1ccc(Cl)cc1NC(=O)C(=O)NN=C1CC[NH+](C)CC1. The Labute approximate surface area is 134 Å². The number of hydrazone groups is 1. The lowest BCUT2D eigenvalue weighted by Gasteiger charge is -2.20. The van der Waals surface area contributed by atoms with Gasteiger partial charge in [-0.3, -0.25) is 9.59 Å². The molecule has 1 heterocycles. The number of quaternary nitrogens is 1. The van der Waals surface area contributed by atoms with Crippen LogP contribution in [-0.2, 0) is 9.59 Å². The number of likely N-dealkylation sites (tertiary alicyclic amines) is 1. The Hall–Kier alpha value is -1.92. The molecule has 0 bridgehead atoms. The summed E-state index contributed by atoms with van der Waals surface area (Å²) in [7, 11) is 2.12. The summed E-state index contributed by atoms with van der Waals surface area (Å²) >= 11 is 5.88. The highest BCUT2D eigenvalue weighted by Crippen LogP contribution is 2.19. The number of benzene rings is 1. The minimum atomic E-state index is -0.779. The maximum atomic E-state index is 11.9. The van der Waals surface area contributed by atoms with E-state index in [1.54, 1.807) is 18.2 Å². The number of nitrogens with zero attached hydrogens (tertiary/aromatic N) is 1. The molecule has 0 atom stereocenters. The molecule has 1 fully saturated rings. The number of carbonyl (C=O) groups is 2. The predicted molar refractivity (Wildman–Crippen MR) is 86.3 cm³/mol. The first-order valence-corrected chi connectivity index (χ1v) is 7.57. The number of anilines is 1. The molecule has 1 aliphatic rings. The molecule has 0 radical (unpaired) electrons. The van der Waals surface area contributed by atoms with E-state index in [4.69, 9.17) is 11.6 Å². The molecular weight excluding hydrogens is 304 g/mol. The lowest BCUT2D eigenvalue weighted by Crippen LogP contribution is -3.10. The summed E-state index contributed by atoms with van der Waals surface area (Å²) in [6.07, 6.45) is 1.67. The first-order valence-electron chi connectivity index (χ1n) is 7.20. The molecular formula is C15H20ClN4O2+. The van der Waals surface area contributed by atoms with Crippen LogP contribution in [0.25, 0.3) is 0 Å². The van der Waals surface area contributed by atoms with E-state index in [1.165, 1.54) is 4.90 Å². The molecule has 7 heteroatoms. The second-order valence-corrected chi connectivity index (χ2v) is 5.93. The number of hydrogen-bond donors (Lipinski definition) is 3. The van der Waals surface area contributed by atoms with E-state index in [9.17, 15) is 9.59 Å². The number of aryl methyl sites for hydroxylation is 1. The Morgan fingerprint density at radius 3 is 2.59 bits per heavy atom. The van der Waals surface area contributed by atoms with Gasteiger partial charge in [0.15, 0.2) is 0 Å².